The highest BCUT2D eigenvalue weighted by Crippen LogP contribution is 2.30. The van der Waals surface area contributed by atoms with Gasteiger partial charge in [0.25, 0.3) is 21.8 Å². The number of sulfonamides is 1. The summed E-state index contributed by atoms with van der Waals surface area (Å²) in [6.45, 7) is 1.95. The van der Waals surface area contributed by atoms with Crippen LogP contribution in [0.4, 0.5) is 0 Å². The van der Waals surface area contributed by atoms with Crippen LogP contribution < -0.4 is 5.32 Å². The Morgan fingerprint density at radius 3 is 2.64 bits per heavy atom. The van der Waals surface area contributed by atoms with Crippen molar-refractivity contribution < 1.29 is 18.0 Å². The van der Waals surface area contributed by atoms with E-state index < -0.39 is 21.8 Å². The number of halogens is 1. The molecule has 0 aliphatic carbocycles. The molecule has 3 rings (SSSR count). The van der Waals surface area contributed by atoms with Gasteiger partial charge in [-0.25, -0.2) is 12.7 Å². The van der Waals surface area contributed by atoms with Gasteiger partial charge in [-0.1, -0.05) is 28.1 Å². The Labute approximate surface area is 154 Å². The third kappa shape index (κ3) is 3.19. The monoisotopic (exact) mass is 422 g/mol. The lowest BCUT2D eigenvalue weighted by atomic mass is 10.1. The fraction of sp³-hybridized carbons (Fsp3) is 0.176. The highest BCUT2D eigenvalue weighted by atomic mass is 79.9. The van der Waals surface area contributed by atoms with Crippen LogP contribution in [0.3, 0.4) is 0 Å². The van der Waals surface area contributed by atoms with E-state index in [0.29, 0.717) is 6.54 Å². The SMILES string of the molecule is CCN1C(=O)c2ccc(C(=O)NCc3cccc(Br)c3)cc2S1(=O)=O. The van der Waals surface area contributed by atoms with Gasteiger partial charge in [-0.2, -0.15) is 0 Å². The minimum Gasteiger partial charge on any atom is -0.348 e. The maximum absolute atomic E-state index is 12.4. The Morgan fingerprint density at radius 1 is 1.20 bits per heavy atom. The molecule has 2 aromatic carbocycles. The molecular formula is C17H15BrN2O4S. The third-order valence-corrected chi connectivity index (χ3v) is 6.29. The second-order valence-corrected chi connectivity index (χ2v) is 8.24. The molecule has 0 bridgehead atoms. The molecule has 1 aliphatic rings. The molecule has 130 valence electrons. The number of benzene rings is 2. The van der Waals surface area contributed by atoms with Gasteiger partial charge in [-0.15, -0.1) is 0 Å². The molecule has 0 aromatic heterocycles. The number of nitrogens with one attached hydrogen (secondary N) is 1. The predicted octanol–water partition coefficient (Wildman–Crippen LogP) is 2.54. The fourth-order valence-corrected chi connectivity index (χ4v) is 4.71. The van der Waals surface area contributed by atoms with Crippen LogP contribution in [-0.2, 0) is 16.6 Å². The van der Waals surface area contributed by atoms with Crippen LogP contribution in [0.2, 0.25) is 0 Å². The van der Waals surface area contributed by atoms with Gasteiger partial charge in [0.05, 0.1) is 5.56 Å². The first-order valence-corrected chi connectivity index (χ1v) is 9.81. The molecule has 0 radical (unpaired) electrons. The number of carbonyl (C=O) groups is 2. The van der Waals surface area contributed by atoms with E-state index in [4.69, 9.17) is 0 Å². The summed E-state index contributed by atoms with van der Waals surface area (Å²) >= 11 is 3.36. The first-order valence-electron chi connectivity index (χ1n) is 7.58. The van der Waals surface area contributed by atoms with Crippen molar-refractivity contribution in [3.63, 3.8) is 0 Å². The van der Waals surface area contributed by atoms with Crippen LogP contribution >= 0.6 is 15.9 Å². The largest absolute Gasteiger partial charge is 0.348 e. The smallest absolute Gasteiger partial charge is 0.268 e. The van der Waals surface area contributed by atoms with E-state index in [-0.39, 0.29) is 22.6 Å². The van der Waals surface area contributed by atoms with Gasteiger partial charge >= 0.3 is 0 Å². The van der Waals surface area contributed by atoms with Crippen molar-refractivity contribution in [3.8, 4) is 0 Å². The van der Waals surface area contributed by atoms with Crippen molar-refractivity contribution in [1.82, 2.24) is 9.62 Å². The normalized spacial score (nSPS) is 15.1. The lowest BCUT2D eigenvalue weighted by Gasteiger charge is -2.11. The van der Waals surface area contributed by atoms with Crippen molar-refractivity contribution in [2.45, 2.75) is 18.4 Å². The van der Waals surface area contributed by atoms with Gasteiger partial charge in [0.2, 0.25) is 0 Å². The summed E-state index contributed by atoms with van der Waals surface area (Å²) in [6.07, 6.45) is 0. The predicted molar refractivity (Wildman–Crippen MR) is 95.7 cm³/mol. The summed E-state index contributed by atoms with van der Waals surface area (Å²) < 4.78 is 26.5. The van der Waals surface area contributed by atoms with E-state index in [2.05, 4.69) is 21.2 Å². The molecule has 0 saturated heterocycles. The molecule has 6 nitrogen and oxygen atoms in total. The number of amides is 2. The number of carbonyl (C=O) groups excluding carboxylic acids is 2. The Bertz CT molecular complexity index is 972. The van der Waals surface area contributed by atoms with E-state index in [9.17, 15) is 18.0 Å². The Hall–Kier alpha value is -2.19. The van der Waals surface area contributed by atoms with Crippen molar-refractivity contribution in [2.75, 3.05) is 6.54 Å². The highest BCUT2D eigenvalue weighted by molar-refractivity contribution is 9.10. The van der Waals surface area contributed by atoms with E-state index in [1.165, 1.54) is 18.2 Å². The molecule has 1 N–H and O–H groups in total. The van der Waals surface area contributed by atoms with Gasteiger partial charge in [0.1, 0.15) is 4.90 Å². The molecule has 0 saturated carbocycles. The molecule has 25 heavy (non-hydrogen) atoms. The Balaban J connectivity index is 1.83. The molecule has 0 atom stereocenters. The summed E-state index contributed by atoms with van der Waals surface area (Å²) in [5.74, 6) is -0.959. The molecule has 2 amide bonds. The van der Waals surface area contributed by atoms with Crippen molar-refractivity contribution in [2.24, 2.45) is 0 Å². The van der Waals surface area contributed by atoms with E-state index in [1.54, 1.807) is 6.92 Å². The van der Waals surface area contributed by atoms with Gasteiger partial charge < -0.3 is 5.32 Å². The Kier molecular flexibility index (Phi) is 4.66. The summed E-state index contributed by atoms with van der Waals surface area (Å²) in [5, 5.41) is 2.74. The maximum Gasteiger partial charge on any atom is 0.268 e. The lowest BCUT2D eigenvalue weighted by Crippen LogP contribution is -2.29. The lowest BCUT2D eigenvalue weighted by molar-refractivity contribution is 0.0874. The molecular weight excluding hydrogens is 408 g/mol. The first-order chi connectivity index (χ1) is 11.8. The molecule has 1 heterocycles. The zero-order chi connectivity index (χ0) is 18.2. The third-order valence-electron chi connectivity index (χ3n) is 3.90. The van der Waals surface area contributed by atoms with Crippen molar-refractivity contribution in [1.29, 1.82) is 0 Å². The summed E-state index contributed by atoms with van der Waals surface area (Å²) in [7, 11) is -3.88. The minimum absolute atomic E-state index is 0.0558. The van der Waals surface area contributed by atoms with Crippen LogP contribution in [0.1, 0.15) is 33.2 Å². The summed E-state index contributed by atoms with van der Waals surface area (Å²) in [5.41, 5.74) is 1.21. The molecule has 0 unspecified atom stereocenters. The fourth-order valence-electron chi connectivity index (χ4n) is 2.66. The number of rotatable bonds is 4. The summed E-state index contributed by atoms with van der Waals surface area (Å²) in [6, 6.07) is 11.6. The van der Waals surface area contributed by atoms with Crippen molar-refractivity contribution in [3.05, 3.63) is 63.6 Å². The number of hydrogen-bond acceptors (Lipinski definition) is 4. The first kappa shape index (κ1) is 17.6. The Morgan fingerprint density at radius 2 is 1.96 bits per heavy atom. The van der Waals surface area contributed by atoms with E-state index >= 15 is 0 Å². The number of fused-ring (bicyclic) bond motifs is 1. The van der Waals surface area contributed by atoms with Gasteiger partial charge in [-0.05, 0) is 42.8 Å². The van der Waals surface area contributed by atoms with E-state index in [0.717, 1.165) is 14.3 Å². The zero-order valence-corrected chi connectivity index (χ0v) is 15.7. The van der Waals surface area contributed by atoms with Crippen LogP contribution in [0, 0.1) is 0 Å². The van der Waals surface area contributed by atoms with Crippen LogP contribution in [0.15, 0.2) is 51.8 Å². The van der Waals surface area contributed by atoms with Gasteiger partial charge in [0, 0.05) is 23.1 Å². The molecule has 0 fully saturated rings. The maximum atomic E-state index is 12.4. The zero-order valence-electron chi connectivity index (χ0n) is 13.3. The van der Waals surface area contributed by atoms with E-state index in [1.807, 2.05) is 24.3 Å². The van der Waals surface area contributed by atoms with Crippen LogP contribution in [0.25, 0.3) is 0 Å². The number of hydrogen-bond donors (Lipinski definition) is 1. The summed E-state index contributed by atoms with van der Waals surface area (Å²) in [4.78, 5) is 24.3. The van der Waals surface area contributed by atoms with Crippen LogP contribution in [-0.4, -0.2) is 31.1 Å². The van der Waals surface area contributed by atoms with Gasteiger partial charge in [0.15, 0.2) is 0 Å². The average molecular weight is 423 g/mol. The van der Waals surface area contributed by atoms with Gasteiger partial charge in [-0.3, -0.25) is 9.59 Å². The second kappa shape index (κ2) is 6.61. The quantitative estimate of drug-likeness (QED) is 0.820. The molecule has 2 aromatic rings. The molecule has 8 heteroatoms. The minimum atomic E-state index is -3.88. The molecule has 0 spiro atoms. The van der Waals surface area contributed by atoms with Crippen molar-refractivity contribution >= 4 is 37.8 Å². The topological polar surface area (TPSA) is 83.6 Å². The average Bonchev–Trinajstić information content (AvgIpc) is 2.78. The standard InChI is InChI=1S/C17H15BrN2O4S/c1-2-20-17(22)14-7-6-12(9-15(14)25(20,23)24)16(21)19-10-11-4-3-5-13(18)8-11/h3-9H,2,10H2,1H3,(H,19,21). The highest BCUT2D eigenvalue weighted by Gasteiger charge is 2.40. The molecule has 1 aliphatic heterocycles. The van der Waals surface area contributed by atoms with Crippen LogP contribution in [0.5, 0.6) is 0 Å². The number of nitrogens with zero attached hydrogens (tertiary/aromatic N) is 1. The second-order valence-electron chi connectivity index (χ2n) is 5.50.